The van der Waals surface area contributed by atoms with E-state index >= 15 is 0 Å². The Balaban J connectivity index is 0.000000267. The summed E-state index contributed by atoms with van der Waals surface area (Å²) in [6, 6.07) is 25.0. The second-order valence-electron chi connectivity index (χ2n) is 13.4. The second kappa shape index (κ2) is 24.9. The average molecular weight is 798 g/mol. The number of fused-ring (bicyclic) bond motifs is 7. The first-order chi connectivity index (χ1) is 26.8. The van der Waals surface area contributed by atoms with Crippen LogP contribution in [0, 0.1) is 5.92 Å². The molecule has 5 aliphatic rings. The molecule has 4 N–H and O–H groups in total. The predicted octanol–water partition coefficient (Wildman–Crippen LogP) is -1.58. The summed E-state index contributed by atoms with van der Waals surface area (Å²) < 4.78 is 25.5. The number of carbonyl (C=O) groups is 4. The number of anilines is 2. The zero-order valence-corrected chi connectivity index (χ0v) is 32.7. The van der Waals surface area contributed by atoms with Crippen LogP contribution in [0.5, 0.6) is 0 Å². The summed E-state index contributed by atoms with van der Waals surface area (Å²) in [5.74, 6) is -2.41. The SMILES string of the molecule is CCOC(=O)C(=O)OCC.NCC1COCc2ccccc2C1.O=C1NCC2COCc3ccccc3N2C1=O.[AlH3].[H-].[Li+].c1ccc2c(c1)COCC1CNCCN21. The van der Waals surface area contributed by atoms with Gasteiger partial charge in [-0.05, 0) is 56.0 Å². The van der Waals surface area contributed by atoms with Gasteiger partial charge < -0.3 is 46.4 Å². The summed E-state index contributed by atoms with van der Waals surface area (Å²) in [6.07, 6.45) is 1.06. The Bertz CT molecular complexity index is 1750. The number of para-hydroxylation sites is 2. The van der Waals surface area contributed by atoms with E-state index in [1.165, 1.54) is 22.4 Å². The van der Waals surface area contributed by atoms with Gasteiger partial charge in [0, 0.05) is 43.0 Å². The fourth-order valence-corrected chi connectivity index (χ4v) is 6.84. The summed E-state index contributed by atoms with van der Waals surface area (Å²) in [5, 5.41) is 6.00. The Kier molecular flexibility index (Phi) is 20.8. The van der Waals surface area contributed by atoms with E-state index in [0.29, 0.717) is 38.3 Å². The van der Waals surface area contributed by atoms with Gasteiger partial charge in [0.25, 0.3) is 0 Å². The maximum absolute atomic E-state index is 11.9. The molecule has 2 saturated heterocycles. The number of benzene rings is 3. The van der Waals surface area contributed by atoms with E-state index in [-0.39, 0.29) is 56.9 Å². The van der Waals surface area contributed by atoms with Gasteiger partial charge in [-0.2, -0.15) is 0 Å². The van der Waals surface area contributed by atoms with Gasteiger partial charge in [-0.15, -0.1) is 0 Å². The number of nitrogens with one attached hydrogen (secondary N) is 2. The fourth-order valence-electron chi connectivity index (χ4n) is 6.84. The quantitative estimate of drug-likeness (QED) is 0.158. The molecule has 0 aromatic heterocycles. The smallest absolute Gasteiger partial charge is 1.00 e. The topological polar surface area (TPSA) is 171 Å². The summed E-state index contributed by atoms with van der Waals surface area (Å²) in [4.78, 5) is 48.3. The molecule has 0 bridgehead atoms. The molecule has 0 aliphatic carbocycles. The fraction of sp³-hybridized carbons (Fsp3) is 0.463. The first kappa shape index (κ1) is 47.6. The van der Waals surface area contributed by atoms with Crippen LogP contribution in [0.2, 0.25) is 0 Å². The minimum atomic E-state index is -0.927. The van der Waals surface area contributed by atoms with Crippen molar-refractivity contribution in [1.29, 1.82) is 0 Å². The van der Waals surface area contributed by atoms with Crippen molar-refractivity contribution in [2.24, 2.45) is 11.7 Å². The van der Waals surface area contributed by atoms with E-state index in [4.69, 9.17) is 19.9 Å². The van der Waals surface area contributed by atoms with E-state index in [2.05, 4.69) is 73.5 Å². The molecule has 0 saturated carbocycles. The molecular weight excluding hydrogens is 740 g/mol. The summed E-state index contributed by atoms with van der Waals surface area (Å²) in [6.45, 7) is 12.0. The number of rotatable bonds is 3. The van der Waals surface area contributed by atoms with Crippen LogP contribution in [0.4, 0.5) is 11.4 Å². The van der Waals surface area contributed by atoms with Gasteiger partial charge >= 0.3 is 42.6 Å². The molecule has 0 spiro atoms. The molecule has 5 aliphatic heterocycles. The normalized spacial score (nSPS) is 20.2. The summed E-state index contributed by atoms with van der Waals surface area (Å²) in [5.41, 5.74) is 12.8. The third-order valence-corrected chi connectivity index (χ3v) is 9.60. The molecule has 3 atom stereocenters. The molecule has 8 rings (SSSR count). The summed E-state index contributed by atoms with van der Waals surface area (Å²) in [7, 11) is 0. The number of hydrogen-bond donors (Lipinski definition) is 3. The number of ether oxygens (including phenoxy) is 5. The molecule has 57 heavy (non-hydrogen) atoms. The number of nitrogens with two attached hydrogens (primary N) is 1. The number of piperazine rings is 2. The molecule has 3 unspecified atom stereocenters. The number of amides is 2. The van der Waals surface area contributed by atoms with Gasteiger partial charge in [0.15, 0.2) is 17.4 Å². The molecule has 304 valence electrons. The molecule has 0 radical (unpaired) electrons. The van der Waals surface area contributed by atoms with Crippen LogP contribution < -0.4 is 45.0 Å². The molecule has 14 nitrogen and oxygen atoms in total. The average Bonchev–Trinajstić information content (AvgIpc) is 3.64. The van der Waals surface area contributed by atoms with Crippen molar-refractivity contribution in [3.8, 4) is 0 Å². The van der Waals surface area contributed by atoms with Gasteiger partial charge in [0.05, 0.1) is 70.6 Å². The van der Waals surface area contributed by atoms with Crippen LogP contribution in [0.1, 0.15) is 37.5 Å². The maximum Gasteiger partial charge on any atom is 1.00 e. The standard InChI is InChI=1S/C12H12N2O3.C12H16N2O.C11H15NO.C6H10O4.Al.Li.4H/c15-11-12(16)14-9(5-13-11)7-17-6-8-3-1-2-4-10(8)14;1-2-4-12-10(3-1)8-15-9-11-7-13-5-6-14(11)12;12-6-9-5-10-3-1-2-4-11(10)8-13-7-9;1-3-9-5(7)6(8)10-4-2;;;;;;/h1-4,9H,5-7H2,(H,13,15);1-4,11,13H,5-9H2;1-4,9H,5-8,12H2;3-4H2,1-2H3;;;;;;/q;;;;;+1;;;;-1. The Morgan fingerprint density at radius 2 is 1.28 bits per heavy atom. The van der Waals surface area contributed by atoms with Crippen molar-refractivity contribution in [2.45, 2.75) is 52.2 Å². The van der Waals surface area contributed by atoms with Crippen LogP contribution in [-0.2, 0) is 69.1 Å². The Morgan fingerprint density at radius 3 is 1.91 bits per heavy atom. The van der Waals surface area contributed by atoms with Crippen LogP contribution >= 0.6 is 0 Å². The number of esters is 2. The number of nitrogens with zero attached hydrogens (tertiary/aromatic N) is 2. The molecular formula is C41H57AlLiN5O9. The van der Waals surface area contributed by atoms with Crippen molar-refractivity contribution in [1.82, 2.24) is 10.6 Å². The van der Waals surface area contributed by atoms with E-state index < -0.39 is 23.8 Å². The first-order valence-electron chi connectivity index (χ1n) is 18.9. The Morgan fingerprint density at radius 1 is 0.754 bits per heavy atom. The third kappa shape index (κ3) is 13.4. The van der Waals surface area contributed by atoms with Crippen LogP contribution in [0.15, 0.2) is 72.8 Å². The number of carbonyl (C=O) groups excluding carboxylic acids is 4. The largest absolute Gasteiger partial charge is 1.00 e. The van der Waals surface area contributed by atoms with E-state index in [9.17, 15) is 19.2 Å². The van der Waals surface area contributed by atoms with Crippen LogP contribution in [0.25, 0.3) is 0 Å². The van der Waals surface area contributed by atoms with Crippen molar-refractivity contribution in [3.63, 3.8) is 0 Å². The van der Waals surface area contributed by atoms with Crippen molar-refractivity contribution < 1.29 is 63.1 Å². The molecule has 2 amide bonds. The van der Waals surface area contributed by atoms with E-state index in [0.717, 1.165) is 63.7 Å². The third-order valence-electron chi connectivity index (χ3n) is 9.60. The maximum atomic E-state index is 11.9. The number of hydrogen-bond acceptors (Lipinski definition) is 12. The second-order valence-corrected chi connectivity index (χ2v) is 13.4. The van der Waals surface area contributed by atoms with E-state index in [1.54, 1.807) is 18.7 Å². The minimum Gasteiger partial charge on any atom is -1.00 e. The Labute approximate surface area is 359 Å². The monoisotopic (exact) mass is 797 g/mol. The molecule has 5 heterocycles. The van der Waals surface area contributed by atoms with Gasteiger partial charge in [-0.25, -0.2) is 9.59 Å². The van der Waals surface area contributed by atoms with E-state index in [1.807, 2.05) is 24.3 Å². The van der Waals surface area contributed by atoms with Crippen molar-refractivity contribution >= 4 is 52.5 Å². The summed E-state index contributed by atoms with van der Waals surface area (Å²) >= 11 is 0. The van der Waals surface area contributed by atoms with Crippen molar-refractivity contribution in [2.75, 3.05) is 75.6 Å². The van der Waals surface area contributed by atoms with Gasteiger partial charge in [-0.1, -0.05) is 60.7 Å². The predicted molar refractivity (Wildman–Crippen MR) is 217 cm³/mol. The first-order valence-corrected chi connectivity index (χ1v) is 18.9. The van der Waals surface area contributed by atoms with Gasteiger partial charge in [0.2, 0.25) is 0 Å². The van der Waals surface area contributed by atoms with Crippen LogP contribution in [-0.4, -0.2) is 119 Å². The molecule has 3 aromatic carbocycles. The molecule has 2 fully saturated rings. The van der Waals surface area contributed by atoms with Crippen molar-refractivity contribution in [3.05, 3.63) is 95.1 Å². The minimum absolute atomic E-state index is 0. The van der Waals surface area contributed by atoms with Crippen LogP contribution in [0.3, 0.4) is 0 Å². The van der Waals surface area contributed by atoms with Gasteiger partial charge in [-0.3, -0.25) is 14.5 Å². The zero-order valence-electron chi connectivity index (χ0n) is 33.7. The Hall–Kier alpha value is -3.73. The zero-order chi connectivity index (χ0) is 39.0. The molecule has 16 heteroatoms. The van der Waals surface area contributed by atoms with Gasteiger partial charge in [0.1, 0.15) is 0 Å². The molecule has 3 aromatic rings.